The third kappa shape index (κ3) is 2.70. The number of halogens is 1. The summed E-state index contributed by atoms with van der Waals surface area (Å²) in [6.07, 6.45) is 4.11. The molecule has 21 heavy (non-hydrogen) atoms. The van der Waals surface area contributed by atoms with Crippen LogP contribution in [0.1, 0.15) is 50.9 Å². The van der Waals surface area contributed by atoms with E-state index in [2.05, 4.69) is 0 Å². The number of rotatable bonds is 4. The molecule has 0 spiro atoms. The number of ether oxygens (including phenoxy) is 1. The van der Waals surface area contributed by atoms with Crippen molar-refractivity contribution in [1.82, 2.24) is 0 Å². The lowest BCUT2D eigenvalue weighted by atomic mass is 9.79. The second kappa shape index (κ2) is 5.78. The average molecular weight is 292 g/mol. The van der Waals surface area contributed by atoms with Crippen molar-refractivity contribution in [3.8, 4) is 0 Å². The van der Waals surface area contributed by atoms with Crippen molar-refractivity contribution in [1.29, 1.82) is 0 Å². The minimum atomic E-state index is -0.812. The van der Waals surface area contributed by atoms with Gasteiger partial charge < -0.3 is 14.3 Å². The zero-order chi connectivity index (χ0) is 14.9. The van der Waals surface area contributed by atoms with Crippen molar-refractivity contribution < 1.29 is 18.7 Å². The van der Waals surface area contributed by atoms with Gasteiger partial charge in [-0.1, -0.05) is 19.3 Å². The van der Waals surface area contributed by atoms with E-state index < -0.39 is 11.7 Å². The van der Waals surface area contributed by atoms with E-state index >= 15 is 0 Å². The van der Waals surface area contributed by atoms with Gasteiger partial charge in [0, 0.05) is 12.0 Å². The summed E-state index contributed by atoms with van der Waals surface area (Å²) in [5, 5.41) is 11.5. The Morgan fingerprint density at radius 3 is 2.76 bits per heavy atom. The van der Waals surface area contributed by atoms with Crippen LogP contribution >= 0.6 is 0 Å². The van der Waals surface area contributed by atoms with E-state index in [1.807, 2.05) is 6.92 Å². The van der Waals surface area contributed by atoms with Crippen molar-refractivity contribution in [3.05, 3.63) is 35.8 Å². The van der Waals surface area contributed by atoms with Gasteiger partial charge in [-0.25, -0.2) is 4.39 Å². The van der Waals surface area contributed by atoms with Crippen molar-refractivity contribution in [2.24, 2.45) is 0 Å². The van der Waals surface area contributed by atoms with Gasteiger partial charge >= 0.3 is 0 Å². The molecular weight excluding hydrogens is 271 g/mol. The van der Waals surface area contributed by atoms with Gasteiger partial charge in [-0.15, -0.1) is 0 Å². The van der Waals surface area contributed by atoms with E-state index in [0.717, 1.165) is 25.7 Å². The summed E-state index contributed by atoms with van der Waals surface area (Å²) in [6.45, 7) is 2.50. The summed E-state index contributed by atoms with van der Waals surface area (Å²) in [4.78, 5) is 0. The van der Waals surface area contributed by atoms with Crippen LogP contribution in [-0.2, 0) is 4.74 Å². The molecule has 1 fully saturated rings. The van der Waals surface area contributed by atoms with Crippen LogP contribution < -0.4 is 0 Å². The van der Waals surface area contributed by atoms with Crippen molar-refractivity contribution in [2.45, 2.75) is 50.7 Å². The molecule has 1 heterocycles. The Morgan fingerprint density at radius 2 is 2.05 bits per heavy atom. The molecule has 2 aromatic rings. The van der Waals surface area contributed by atoms with E-state index in [0.29, 0.717) is 23.3 Å². The van der Waals surface area contributed by atoms with Gasteiger partial charge in [0.05, 0.1) is 0 Å². The van der Waals surface area contributed by atoms with Gasteiger partial charge in [0.1, 0.15) is 28.9 Å². The Hall–Kier alpha value is -1.39. The molecule has 4 heteroatoms. The van der Waals surface area contributed by atoms with E-state index in [1.165, 1.54) is 18.6 Å². The van der Waals surface area contributed by atoms with Crippen LogP contribution in [0.3, 0.4) is 0 Å². The summed E-state index contributed by atoms with van der Waals surface area (Å²) in [5.74, 6) is 0.160. The lowest BCUT2D eigenvalue weighted by molar-refractivity contribution is -0.147. The molecular formula is C17H21FO3. The molecule has 1 atom stereocenters. The highest BCUT2D eigenvalue weighted by Crippen LogP contribution is 2.42. The highest BCUT2D eigenvalue weighted by Gasteiger charge is 2.42. The third-order valence-corrected chi connectivity index (χ3v) is 4.40. The molecule has 0 aliphatic heterocycles. The molecule has 3 rings (SSSR count). The summed E-state index contributed by atoms with van der Waals surface area (Å²) in [6, 6.07) is 6.09. The first-order valence-electron chi connectivity index (χ1n) is 7.66. The number of furan rings is 1. The van der Waals surface area contributed by atoms with Crippen molar-refractivity contribution in [3.63, 3.8) is 0 Å². The number of aliphatic hydroxyl groups is 1. The molecule has 114 valence electrons. The van der Waals surface area contributed by atoms with Gasteiger partial charge in [-0.05, 0) is 44.0 Å². The van der Waals surface area contributed by atoms with E-state index in [9.17, 15) is 9.50 Å². The van der Waals surface area contributed by atoms with Gasteiger partial charge in [-0.3, -0.25) is 0 Å². The maximum atomic E-state index is 13.3. The summed E-state index contributed by atoms with van der Waals surface area (Å²) in [5.41, 5.74) is 0.0206. The largest absolute Gasteiger partial charge is 0.458 e. The quantitative estimate of drug-likeness (QED) is 0.911. The smallest absolute Gasteiger partial charge is 0.140 e. The third-order valence-electron chi connectivity index (χ3n) is 4.40. The molecule has 1 aromatic carbocycles. The molecule has 3 nitrogen and oxygen atoms in total. The lowest BCUT2D eigenvalue weighted by Gasteiger charge is -2.39. The van der Waals surface area contributed by atoms with E-state index in [1.54, 1.807) is 12.1 Å². The van der Waals surface area contributed by atoms with Crippen LogP contribution in [0.25, 0.3) is 11.0 Å². The van der Waals surface area contributed by atoms with Crippen molar-refractivity contribution in [2.75, 3.05) is 6.61 Å². The van der Waals surface area contributed by atoms with Crippen LogP contribution in [0.15, 0.2) is 28.7 Å². The number of hydrogen-bond donors (Lipinski definition) is 1. The molecule has 0 amide bonds. The summed E-state index contributed by atoms with van der Waals surface area (Å²) >= 11 is 0. The van der Waals surface area contributed by atoms with Crippen LogP contribution in [0.5, 0.6) is 0 Å². The second-order valence-corrected chi connectivity index (χ2v) is 5.79. The van der Waals surface area contributed by atoms with Gasteiger partial charge in [0.2, 0.25) is 0 Å². The minimum Gasteiger partial charge on any atom is -0.458 e. The molecule has 1 aromatic heterocycles. The fraction of sp³-hybridized carbons (Fsp3) is 0.529. The Morgan fingerprint density at radius 1 is 1.29 bits per heavy atom. The molecule has 1 unspecified atom stereocenters. The maximum absolute atomic E-state index is 13.3. The first kappa shape index (κ1) is 14.5. The number of aliphatic hydroxyl groups excluding tert-OH is 1. The van der Waals surface area contributed by atoms with Crippen LogP contribution in [0.2, 0.25) is 0 Å². The summed E-state index contributed by atoms with van der Waals surface area (Å²) < 4.78 is 24.9. The Balaban J connectivity index is 1.95. The van der Waals surface area contributed by atoms with Gasteiger partial charge in [0.25, 0.3) is 0 Å². The Labute approximate surface area is 123 Å². The highest BCUT2D eigenvalue weighted by molar-refractivity contribution is 5.78. The molecule has 1 N–H and O–H groups in total. The van der Waals surface area contributed by atoms with E-state index in [4.69, 9.17) is 9.15 Å². The Kier molecular flexibility index (Phi) is 4.00. The highest BCUT2D eigenvalue weighted by atomic mass is 19.1. The van der Waals surface area contributed by atoms with E-state index in [-0.39, 0.29) is 5.82 Å². The fourth-order valence-electron chi connectivity index (χ4n) is 3.36. The maximum Gasteiger partial charge on any atom is 0.140 e. The molecule has 1 aliphatic carbocycles. The zero-order valence-corrected chi connectivity index (χ0v) is 12.3. The summed E-state index contributed by atoms with van der Waals surface area (Å²) in [7, 11) is 0. The minimum absolute atomic E-state index is 0.304. The van der Waals surface area contributed by atoms with Crippen molar-refractivity contribution >= 4 is 11.0 Å². The Bertz CT molecular complexity index is 608. The second-order valence-electron chi connectivity index (χ2n) is 5.79. The number of benzene rings is 1. The average Bonchev–Trinajstić information content (AvgIpc) is 2.90. The zero-order valence-electron chi connectivity index (χ0n) is 12.3. The van der Waals surface area contributed by atoms with Crippen LogP contribution in [-0.4, -0.2) is 17.3 Å². The molecule has 0 bridgehead atoms. The molecule has 0 saturated heterocycles. The van der Waals surface area contributed by atoms with Gasteiger partial charge in [0.15, 0.2) is 0 Å². The molecule has 1 saturated carbocycles. The standard InChI is InChI=1S/C17H21FO3/c1-2-20-17(8-4-3-5-9-17)16(19)15-11-12-10-13(18)6-7-14(12)21-15/h6-7,10-11,16,19H,2-5,8-9H2,1H3. The normalized spacial score (nSPS) is 19.8. The predicted octanol–water partition coefficient (Wildman–Crippen LogP) is 4.34. The fourth-order valence-corrected chi connectivity index (χ4v) is 3.36. The topological polar surface area (TPSA) is 42.6 Å². The number of hydrogen-bond acceptors (Lipinski definition) is 3. The first-order chi connectivity index (χ1) is 10.1. The van der Waals surface area contributed by atoms with Crippen LogP contribution in [0.4, 0.5) is 4.39 Å². The predicted molar refractivity (Wildman–Crippen MR) is 78.6 cm³/mol. The van der Waals surface area contributed by atoms with Crippen LogP contribution in [0, 0.1) is 5.82 Å². The first-order valence-corrected chi connectivity index (χ1v) is 7.66. The monoisotopic (exact) mass is 292 g/mol. The lowest BCUT2D eigenvalue weighted by Crippen LogP contribution is -2.41. The SMILES string of the molecule is CCOC1(C(O)c2cc3cc(F)ccc3o2)CCCCC1. The molecule has 1 aliphatic rings. The molecule has 0 radical (unpaired) electrons. The number of fused-ring (bicyclic) bond motifs is 1. The van der Waals surface area contributed by atoms with Gasteiger partial charge in [-0.2, -0.15) is 0 Å².